The van der Waals surface area contributed by atoms with E-state index in [0.29, 0.717) is 20.9 Å². The highest BCUT2D eigenvalue weighted by atomic mass is 35.5. The molecule has 0 spiro atoms. The van der Waals surface area contributed by atoms with Crippen molar-refractivity contribution in [3.05, 3.63) is 56.1 Å². The number of hydrogen-bond donors (Lipinski definition) is 2. The lowest BCUT2D eigenvalue weighted by atomic mass is 9.84. The number of aromatic carboxylic acids is 1. The van der Waals surface area contributed by atoms with Crippen LogP contribution in [0.1, 0.15) is 42.3 Å². The first-order valence-corrected chi connectivity index (χ1v) is 8.85. The van der Waals surface area contributed by atoms with Crippen molar-refractivity contribution in [1.82, 2.24) is 0 Å². The number of carboxylic acid groups (broad SMARTS) is 1. The van der Waals surface area contributed by atoms with Crippen molar-refractivity contribution in [2.75, 3.05) is 0 Å². The molecule has 8 heteroatoms. The maximum absolute atomic E-state index is 11.7. The van der Waals surface area contributed by atoms with Gasteiger partial charge in [0.15, 0.2) is 0 Å². The van der Waals surface area contributed by atoms with Gasteiger partial charge in [0.25, 0.3) is 5.69 Å². The van der Waals surface area contributed by atoms with Gasteiger partial charge in [0.2, 0.25) is 0 Å². The topological polar surface area (TPSA) is 101 Å². The molecule has 2 aromatic carbocycles. The Kier molecular flexibility index (Phi) is 5.53. The molecule has 0 heterocycles. The highest BCUT2D eigenvalue weighted by molar-refractivity contribution is 7.99. The number of carboxylic acids is 1. The van der Waals surface area contributed by atoms with Gasteiger partial charge in [0, 0.05) is 21.5 Å². The second-order valence-corrected chi connectivity index (χ2v) is 8.32. The van der Waals surface area contributed by atoms with Crippen LogP contribution >= 0.6 is 23.4 Å². The molecule has 0 bridgehead atoms. The van der Waals surface area contributed by atoms with E-state index in [4.69, 9.17) is 11.6 Å². The third kappa shape index (κ3) is 3.94. The Morgan fingerprint density at radius 3 is 2.35 bits per heavy atom. The number of phenols is 1. The molecule has 6 nitrogen and oxygen atoms in total. The minimum Gasteiger partial charge on any atom is -0.507 e. The predicted octanol–water partition coefficient (Wildman–Crippen LogP) is 5.41. The monoisotopic (exact) mass is 395 g/mol. The van der Waals surface area contributed by atoms with Crippen LogP contribution in [0.3, 0.4) is 0 Å². The van der Waals surface area contributed by atoms with Crippen LogP contribution in [0, 0.1) is 17.0 Å². The third-order valence-electron chi connectivity index (χ3n) is 3.87. The summed E-state index contributed by atoms with van der Waals surface area (Å²) in [4.78, 5) is 23.3. The number of rotatable bonds is 4. The van der Waals surface area contributed by atoms with Crippen molar-refractivity contribution in [3.8, 4) is 5.75 Å². The lowest BCUT2D eigenvalue weighted by Crippen LogP contribution is -2.14. The standard InChI is InChI=1S/C18H18ClNO5S/c1-9-14(26-13-6-5-10(19)7-12(13)20(24)25)8-11(18(2,3)4)16(21)15(9)17(22)23/h5-8,21H,1-4H3,(H,22,23). The van der Waals surface area contributed by atoms with Crippen molar-refractivity contribution in [1.29, 1.82) is 0 Å². The second-order valence-electron chi connectivity index (χ2n) is 6.80. The molecule has 0 amide bonds. The zero-order valence-corrected chi connectivity index (χ0v) is 16.2. The molecular weight excluding hydrogens is 378 g/mol. The molecule has 0 fully saturated rings. The van der Waals surface area contributed by atoms with Crippen LogP contribution in [0.25, 0.3) is 0 Å². The van der Waals surface area contributed by atoms with E-state index in [1.165, 1.54) is 18.2 Å². The summed E-state index contributed by atoms with van der Waals surface area (Å²) >= 11 is 6.92. The molecule has 0 aromatic heterocycles. The maximum Gasteiger partial charge on any atom is 0.339 e. The van der Waals surface area contributed by atoms with E-state index in [1.54, 1.807) is 13.0 Å². The van der Waals surface area contributed by atoms with E-state index in [1.807, 2.05) is 20.8 Å². The summed E-state index contributed by atoms with van der Waals surface area (Å²) in [6.45, 7) is 7.12. The number of halogens is 1. The molecule has 2 aromatic rings. The van der Waals surface area contributed by atoms with Gasteiger partial charge in [-0.3, -0.25) is 10.1 Å². The van der Waals surface area contributed by atoms with Crippen LogP contribution in [-0.2, 0) is 5.41 Å². The number of benzene rings is 2. The Labute approximate surface area is 160 Å². The molecule has 0 atom stereocenters. The van der Waals surface area contributed by atoms with Gasteiger partial charge in [-0.15, -0.1) is 0 Å². The van der Waals surface area contributed by atoms with E-state index in [0.717, 1.165) is 11.8 Å². The fourth-order valence-electron chi connectivity index (χ4n) is 2.52. The molecule has 138 valence electrons. The molecule has 0 radical (unpaired) electrons. The summed E-state index contributed by atoms with van der Waals surface area (Å²) in [5, 5.41) is 31.5. The van der Waals surface area contributed by atoms with Crippen LogP contribution in [-0.4, -0.2) is 21.1 Å². The third-order valence-corrected chi connectivity index (χ3v) is 5.32. The SMILES string of the molecule is Cc1c(Sc2ccc(Cl)cc2[N+](=O)[O-])cc(C(C)(C)C)c(O)c1C(=O)O. The number of aromatic hydroxyl groups is 1. The van der Waals surface area contributed by atoms with Gasteiger partial charge < -0.3 is 10.2 Å². The average molecular weight is 396 g/mol. The van der Waals surface area contributed by atoms with Gasteiger partial charge in [0.1, 0.15) is 11.3 Å². The van der Waals surface area contributed by atoms with E-state index in [2.05, 4.69) is 0 Å². The summed E-state index contributed by atoms with van der Waals surface area (Å²) < 4.78 is 0. The van der Waals surface area contributed by atoms with Gasteiger partial charge in [-0.25, -0.2) is 4.79 Å². The summed E-state index contributed by atoms with van der Waals surface area (Å²) in [6, 6.07) is 5.99. The van der Waals surface area contributed by atoms with Crippen molar-refractivity contribution in [2.24, 2.45) is 0 Å². The van der Waals surface area contributed by atoms with E-state index >= 15 is 0 Å². The van der Waals surface area contributed by atoms with E-state index < -0.39 is 16.3 Å². The van der Waals surface area contributed by atoms with Crippen molar-refractivity contribution in [2.45, 2.75) is 42.9 Å². The second kappa shape index (κ2) is 7.17. The maximum atomic E-state index is 11.7. The molecule has 0 aliphatic carbocycles. The fourth-order valence-corrected chi connectivity index (χ4v) is 3.73. The molecule has 2 rings (SSSR count). The Balaban J connectivity index is 2.70. The van der Waals surface area contributed by atoms with Gasteiger partial charge >= 0.3 is 5.97 Å². The van der Waals surface area contributed by atoms with Crippen LogP contribution < -0.4 is 0 Å². The molecule has 2 N–H and O–H groups in total. The first kappa shape index (κ1) is 20.1. The van der Waals surface area contributed by atoms with Crippen LogP contribution in [0.5, 0.6) is 5.75 Å². The zero-order chi connectivity index (χ0) is 19.8. The minimum absolute atomic E-state index is 0.163. The predicted molar refractivity (Wildman–Crippen MR) is 101 cm³/mol. The first-order valence-electron chi connectivity index (χ1n) is 7.65. The highest BCUT2D eigenvalue weighted by Gasteiger charge is 2.27. The lowest BCUT2D eigenvalue weighted by molar-refractivity contribution is -0.387. The van der Waals surface area contributed by atoms with Gasteiger partial charge in [-0.05, 0) is 36.1 Å². The zero-order valence-electron chi connectivity index (χ0n) is 14.7. The highest BCUT2D eigenvalue weighted by Crippen LogP contribution is 2.44. The van der Waals surface area contributed by atoms with Gasteiger partial charge in [-0.2, -0.15) is 0 Å². The largest absolute Gasteiger partial charge is 0.507 e. The number of nitrogens with zero attached hydrogens (tertiary/aromatic N) is 1. The van der Waals surface area contributed by atoms with Crippen LogP contribution in [0.2, 0.25) is 5.02 Å². The Bertz CT molecular complexity index is 905. The van der Waals surface area contributed by atoms with E-state index in [9.17, 15) is 25.1 Å². The first-order chi connectivity index (χ1) is 11.9. The molecule has 26 heavy (non-hydrogen) atoms. The Morgan fingerprint density at radius 1 is 1.23 bits per heavy atom. The van der Waals surface area contributed by atoms with Crippen LogP contribution in [0.15, 0.2) is 34.1 Å². The van der Waals surface area contributed by atoms with Crippen molar-refractivity contribution < 1.29 is 19.9 Å². The van der Waals surface area contributed by atoms with Crippen molar-refractivity contribution in [3.63, 3.8) is 0 Å². The number of nitro benzene ring substituents is 1. The van der Waals surface area contributed by atoms with E-state index in [-0.39, 0.29) is 22.0 Å². The Hall–Kier alpha value is -2.25. The summed E-state index contributed by atoms with van der Waals surface area (Å²) in [7, 11) is 0. The molecular formula is C18H18ClNO5S. The molecule has 0 saturated heterocycles. The summed E-state index contributed by atoms with van der Waals surface area (Å²) in [5.74, 6) is -1.53. The van der Waals surface area contributed by atoms with Crippen LogP contribution in [0.4, 0.5) is 5.69 Å². The average Bonchev–Trinajstić information content (AvgIpc) is 2.49. The number of nitro groups is 1. The smallest absolute Gasteiger partial charge is 0.339 e. The quantitative estimate of drug-likeness (QED) is 0.530. The molecule has 0 unspecified atom stereocenters. The molecule has 0 saturated carbocycles. The lowest BCUT2D eigenvalue weighted by Gasteiger charge is -2.24. The Morgan fingerprint density at radius 2 is 1.85 bits per heavy atom. The minimum atomic E-state index is -1.25. The summed E-state index contributed by atoms with van der Waals surface area (Å²) in [5.41, 5.74) is -0.0685. The summed E-state index contributed by atoms with van der Waals surface area (Å²) in [6.07, 6.45) is 0. The van der Waals surface area contributed by atoms with Gasteiger partial charge in [0.05, 0.1) is 9.82 Å². The fraction of sp³-hybridized carbons (Fsp3) is 0.278. The van der Waals surface area contributed by atoms with Crippen molar-refractivity contribution >= 4 is 35.0 Å². The number of hydrogen-bond acceptors (Lipinski definition) is 5. The van der Waals surface area contributed by atoms with Gasteiger partial charge in [-0.1, -0.05) is 44.1 Å². The molecule has 0 aliphatic rings. The normalized spacial score (nSPS) is 11.4. The number of carbonyl (C=O) groups is 1. The molecule has 0 aliphatic heterocycles.